The van der Waals surface area contributed by atoms with Crippen molar-refractivity contribution in [3.8, 4) is 5.69 Å². The summed E-state index contributed by atoms with van der Waals surface area (Å²) in [4.78, 5) is 17.7. The van der Waals surface area contributed by atoms with Gasteiger partial charge >= 0.3 is 0 Å². The fourth-order valence-corrected chi connectivity index (χ4v) is 3.02. The van der Waals surface area contributed by atoms with Crippen molar-refractivity contribution < 1.29 is 9.35 Å². The predicted molar refractivity (Wildman–Crippen MR) is 92.5 cm³/mol. The molecule has 0 spiro atoms. The van der Waals surface area contributed by atoms with Crippen LogP contribution in [-0.2, 0) is 16.0 Å². The molecule has 2 rings (SSSR count). The van der Waals surface area contributed by atoms with Crippen LogP contribution >= 0.6 is 11.6 Å². The molecule has 1 amide bonds. The summed E-state index contributed by atoms with van der Waals surface area (Å²) in [6, 6.07) is 3.63. The average molecular weight is 355 g/mol. The molecule has 0 aliphatic carbocycles. The third-order valence-corrected chi connectivity index (χ3v) is 5.27. The molecule has 0 saturated heterocycles. The van der Waals surface area contributed by atoms with Gasteiger partial charge in [-0.3, -0.25) is 9.78 Å². The molecule has 1 atom stereocenters. The average Bonchev–Trinajstić information content (AvgIpc) is 2.94. The Balaban J connectivity index is 2.09. The highest BCUT2D eigenvalue weighted by Crippen LogP contribution is 2.25. The van der Waals surface area contributed by atoms with Gasteiger partial charge in [0.15, 0.2) is 5.15 Å². The predicted octanol–water partition coefficient (Wildman–Crippen LogP) is 2.43. The highest BCUT2D eigenvalue weighted by molar-refractivity contribution is 7.91. The first kappa shape index (κ1) is 17.8. The molecule has 0 N–H and O–H groups in total. The van der Waals surface area contributed by atoms with E-state index < -0.39 is 11.2 Å². The molecule has 0 aliphatic heterocycles. The minimum Gasteiger partial charge on any atom is -0.616 e. The maximum absolute atomic E-state index is 12.3. The zero-order valence-electron chi connectivity index (χ0n) is 13.3. The number of hydrogen-bond acceptors (Lipinski definition) is 4. The first-order valence-electron chi connectivity index (χ1n) is 7.19. The number of pyridine rings is 1. The Morgan fingerprint density at radius 2 is 2.26 bits per heavy atom. The van der Waals surface area contributed by atoms with Gasteiger partial charge in [-0.1, -0.05) is 22.8 Å². The first-order valence-corrected chi connectivity index (χ1v) is 8.95. The topological polar surface area (TPSA) is 74.1 Å². The van der Waals surface area contributed by atoms with Gasteiger partial charge in [-0.15, -0.1) is 0 Å². The Kier molecular flexibility index (Phi) is 6.04. The summed E-state index contributed by atoms with van der Waals surface area (Å²) in [6.45, 7) is 3.75. The van der Waals surface area contributed by atoms with Gasteiger partial charge in [0.2, 0.25) is 5.91 Å². The van der Waals surface area contributed by atoms with E-state index in [1.807, 2.05) is 19.9 Å². The number of rotatable bonds is 6. The van der Waals surface area contributed by atoms with Crippen LogP contribution in [0.4, 0.5) is 5.69 Å². The zero-order valence-corrected chi connectivity index (χ0v) is 14.8. The van der Waals surface area contributed by atoms with Crippen LogP contribution in [0.2, 0.25) is 5.15 Å². The van der Waals surface area contributed by atoms with Crippen molar-refractivity contribution in [2.24, 2.45) is 0 Å². The molecular formula is C15H19ClN4O2S. The zero-order chi connectivity index (χ0) is 17.0. The standard InChI is InChI=1S/C15H19ClN4O2S/c1-11(2)23(22)8-6-14(21)19(3)13-10-20(18-15(13)16)12-5-4-7-17-9-12/h4-5,7,9-11H,6,8H2,1-3H3. The van der Waals surface area contributed by atoms with Crippen molar-refractivity contribution in [1.29, 1.82) is 0 Å². The molecule has 0 fully saturated rings. The van der Waals surface area contributed by atoms with Gasteiger partial charge in [0.25, 0.3) is 0 Å². The summed E-state index contributed by atoms with van der Waals surface area (Å²) in [5, 5.41) is 4.47. The Bertz CT molecular complexity index is 663. The van der Waals surface area contributed by atoms with Gasteiger partial charge in [0, 0.05) is 13.2 Å². The van der Waals surface area contributed by atoms with Crippen LogP contribution in [0, 0.1) is 0 Å². The van der Waals surface area contributed by atoms with Gasteiger partial charge in [0.05, 0.1) is 24.5 Å². The number of halogens is 1. The summed E-state index contributed by atoms with van der Waals surface area (Å²) < 4.78 is 13.3. The van der Waals surface area contributed by atoms with Crippen molar-refractivity contribution in [3.05, 3.63) is 35.9 Å². The van der Waals surface area contributed by atoms with E-state index in [9.17, 15) is 9.35 Å². The second kappa shape index (κ2) is 7.81. The molecule has 0 aromatic carbocycles. The quantitative estimate of drug-likeness (QED) is 0.747. The third-order valence-electron chi connectivity index (χ3n) is 3.34. The van der Waals surface area contributed by atoms with E-state index in [0.29, 0.717) is 11.4 Å². The maximum Gasteiger partial charge on any atom is 0.231 e. The summed E-state index contributed by atoms with van der Waals surface area (Å²) in [7, 11) is 1.64. The lowest BCUT2D eigenvalue weighted by Gasteiger charge is -2.18. The number of hydrogen-bond donors (Lipinski definition) is 0. The largest absolute Gasteiger partial charge is 0.616 e. The fraction of sp³-hybridized carbons (Fsp3) is 0.400. The van der Waals surface area contributed by atoms with Crippen molar-refractivity contribution in [1.82, 2.24) is 14.8 Å². The Labute approximate surface area is 143 Å². The lowest BCUT2D eigenvalue weighted by atomic mass is 10.4. The summed E-state index contributed by atoms with van der Waals surface area (Å²) in [5.41, 5.74) is 1.26. The van der Waals surface area contributed by atoms with Crippen LogP contribution in [-0.4, -0.2) is 43.3 Å². The molecule has 0 aliphatic rings. The van der Waals surface area contributed by atoms with E-state index >= 15 is 0 Å². The molecule has 2 aromatic rings. The van der Waals surface area contributed by atoms with Crippen LogP contribution < -0.4 is 4.90 Å². The molecule has 0 radical (unpaired) electrons. The van der Waals surface area contributed by atoms with Crippen molar-refractivity contribution in [3.63, 3.8) is 0 Å². The molecule has 1 unspecified atom stereocenters. The number of anilines is 1. The van der Waals surface area contributed by atoms with Crippen LogP contribution in [0.1, 0.15) is 20.3 Å². The van der Waals surface area contributed by atoms with Crippen molar-refractivity contribution in [2.75, 3.05) is 17.7 Å². The molecule has 2 heterocycles. The summed E-state index contributed by atoms with van der Waals surface area (Å²) in [5.74, 6) is 0.196. The fourth-order valence-electron chi connectivity index (χ4n) is 1.92. The number of amides is 1. The second-order valence-corrected chi connectivity index (χ2v) is 7.77. The van der Waals surface area contributed by atoms with Crippen LogP contribution in [0.3, 0.4) is 0 Å². The van der Waals surface area contributed by atoms with Gasteiger partial charge in [-0.05, 0) is 26.0 Å². The van der Waals surface area contributed by atoms with E-state index in [4.69, 9.17) is 11.6 Å². The second-order valence-electron chi connectivity index (χ2n) is 5.30. The smallest absolute Gasteiger partial charge is 0.231 e. The molecule has 23 heavy (non-hydrogen) atoms. The number of nitrogens with zero attached hydrogens (tertiary/aromatic N) is 4. The number of aromatic nitrogens is 3. The van der Waals surface area contributed by atoms with E-state index in [1.54, 1.807) is 36.4 Å². The van der Waals surface area contributed by atoms with Crippen molar-refractivity contribution in [2.45, 2.75) is 25.5 Å². The lowest BCUT2D eigenvalue weighted by Crippen LogP contribution is -2.29. The van der Waals surface area contributed by atoms with Crippen LogP contribution in [0.5, 0.6) is 0 Å². The number of carbonyl (C=O) groups is 1. The van der Waals surface area contributed by atoms with E-state index in [0.717, 1.165) is 5.69 Å². The molecular weight excluding hydrogens is 336 g/mol. The molecule has 0 saturated carbocycles. The van der Waals surface area contributed by atoms with Gasteiger partial charge in [0.1, 0.15) is 16.7 Å². The normalized spacial score (nSPS) is 12.4. The van der Waals surface area contributed by atoms with Crippen molar-refractivity contribution >= 4 is 34.4 Å². The van der Waals surface area contributed by atoms with E-state index in [1.165, 1.54) is 4.90 Å². The molecule has 2 aromatic heterocycles. The Hall–Kier alpha value is -1.57. The van der Waals surface area contributed by atoms with Gasteiger partial charge in [-0.25, -0.2) is 4.68 Å². The number of carbonyl (C=O) groups excluding carboxylic acids is 1. The third kappa shape index (κ3) is 4.46. The Morgan fingerprint density at radius 3 is 2.87 bits per heavy atom. The monoisotopic (exact) mass is 354 g/mol. The first-order chi connectivity index (χ1) is 10.9. The van der Waals surface area contributed by atoms with E-state index in [-0.39, 0.29) is 22.7 Å². The van der Waals surface area contributed by atoms with E-state index in [2.05, 4.69) is 10.1 Å². The van der Waals surface area contributed by atoms with Crippen LogP contribution in [0.15, 0.2) is 30.7 Å². The summed E-state index contributed by atoms with van der Waals surface area (Å²) >= 11 is 5.14. The highest BCUT2D eigenvalue weighted by atomic mass is 35.5. The molecule has 0 bridgehead atoms. The Morgan fingerprint density at radius 1 is 1.52 bits per heavy atom. The summed E-state index contributed by atoms with van der Waals surface area (Å²) in [6.07, 6.45) is 5.20. The highest BCUT2D eigenvalue weighted by Gasteiger charge is 2.20. The lowest BCUT2D eigenvalue weighted by molar-refractivity contribution is -0.117. The SMILES string of the molecule is CC(C)[S+]([O-])CCC(=O)N(C)c1cn(-c2cccnc2)nc1Cl. The maximum atomic E-state index is 12.3. The molecule has 8 heteroatoms. The van der Waals surface area contributed by atoms with Crippen LogP contribution in [0.25, 0.3) is 5.69 Å². The molecule has 124 valence electrons. The van der Waals surface area contributed by atoms with Gasteiger partial charge in [-0.2, -0.15) is 5.10 Å². The van der Waals surface area contributed by atoms with Gasteiger partial charge < -0.3 is 9.45 Å². The minimum atomic E-state index is -1.00. The minimum absolute atomic E-state index is 0.0463. The molecule has 6 nitrogen and oxygen atoms in total.